The Labute approximate surface area is 89.8 Å². The van der Waals surface area contributed by atoms with E-state index in [1.54, 1.807) is 18.5 Å². The predicted molar refractivity (Wildman–Crippen MR) is 58.5 cm³/mol. The Morgan fingerprint density at radius 1 is 1.27 bits per heavy atom. The summed E-state index contributed by atoms with van der Waals surface area (Å²) in [6, 6.07) is 1.79. The Morgan fingerprint density at radius 2 is 2.00 bits per heavy atom. The van der Waals surface area contributed by atoms with Gasteiger partial charge in [0.05, 0.1) is 6.10 Å². The lowest BCUT2D eigenvalue weighted by Crippen LogP contribution is -2.30. The lowest BCUT2D eigenvalue weighted by Gasteiger charge is -2.27. The lowest BCUT2D eigenvalue weighted by molar-refractivity contribution is 0.0762. The van der Waals surface area contributed by atoms with Gasteiger partial charge in [0.2, 0.25) is 5.95 Å². The second-order valence-corrected chi connectivity index (χ2v) is 4.07. The van der Waals surface area contributed by atoms with Crippen molar-refractivity contribution < 1.29 is 5.11 Å². The molecule has 1 heterocycles. The highest BCUT2D eigenvalue weighted by atomic mass is 16.3. The minimum absolute atomic E-state index is 0.157. The Bertz CT molecular complexity index is 291. The number of anilines is 1. The summed E-state index contributed by atoms with van der Waals surface area (Å²) in [5.41, 5.74) is 0. The molecule has 82 valence electrons. The molecule has 0 amide bonds. The van der Waals surface area contributed by atoms with Gasteiger partial charge in [0, 0.05) is 24.9 Å². The van der Waals surface area contributed by atoms with Crippen LogP contribution in [0.15, 0.2) is 18.5 Å². The molecule has 4 heteroatoms. The second kappa shape index (κ2) is 5.07. The van der Waals surface area contributed by atoms with Crippen LogP contribution >= 0.6 is 0 Å². The van der Waals surface area contributed by atoms with Gasteiger partial charge in [0.1, 0.15) is 0 Å². The molecule has 1 aromatic rings. The third kappa shape index (κ3) is 2.89. The van der Waals surface area contributed by atoms with Crippen LogP contribution in [0.25, 0.3) is 0 Å². The molecule has 0 spiro atoms. The Kier molecular flexibility index (Phi) is 3.50. The van der Waals surface area contributed by atoms with Crippen LogP contribution in [0, 0.1) is 5.92 Å². The van der Waals surface area contributed by atoms with Gasteiger partial charge in [-0.2, -0.15) is 0 Å². The largest absolute Gasteiger partial charge is 0.393 e. The van der Waals surface area contributed by atoms with E-state index in [0.29, 0.717) is 11.9 Å². The molecule has 1 aliphatic rings. The molecular formula is C11H17N3O. The highest BCUT2D eigenvalue weighted by Crippen LogP contribution is 2.24. The molecule has 0 aliphatic heterocycles. The smallest absolute Gasteiger partial charge is 0.222 e. The van der Waals surface area contributed by atoms with Crippen LogP contribution in [0.3, 0.4) is 0 Å². The van der Waals surface area contributed by atoms with Crippen LogP contribution in [0.2, 0.25) is 0 Å². The molecule has 2 rings (SSSR count). The molecule has 0 saturated heterocycles. The lowest BCUT2D eigenvalue weighted by atomic mass is 9.86. The van der Waals surface area contributed by atoms with Crippen molar-refractivity contribution in [2.75, 3.05) is 11.9 Å². The molecular weight excluding hydrogens is 190 g/mol. The summed E-state index contributed by atoms with van der Waals surface area (Å²) in [6.07, 6.45) is 7.68. The Hall–Kier alpha value is -1.16. The third-order valence-corrected chi connectivity index (χ3v) is 2.96. The Morgan fingerprint density at radius 3 is 2.73 bits per heavy atom. The highest BCUT2D eigenvalue weighted by molar-refractivity contribution is 5.22. The summed E-state index contributed by atoms with van der Waals surface area (Å²) in [7, 11) is 0. The first kappa shape index (κ1) is 10.4. The molecule has 0 aromatic carbocycles. The zero-order valence-electron chi connectivity index (χ0n) is 8.76. The molecule has 0 bridgehead atoms. The summed E-state index contributed by atoms with van der Waals surface area (Å²) in [6.45, 7) is 0.769. The van der Waals surface area contributed by atoms with Crippen molar-refractivity contribution in [3.05, 3.63) is 18.5 Å². The average Bonchev–Trinajstić information content (AvgIpc) is 2.29. The normalized spacial score (nSPS) is 26.2. The minimum atomic E-state index is -0.157. The van der Waals surface area contributed by atoms with E-state index in [9.17, 15) is 5.11 Å². The van der Waals surface area contributed by atoms with Gasteiger partial charge in [-0.05, 0) is 18.9 Å². The fourth-order valence-corrected chi connectivity index (χ4v) is 2.04. The predicted octanol–water partition coefficient (Wildman–Crippen LogP) is 1.44. The van der Waals surface area contributed by atoms with E-state index in [4.69, 9.17) is 0 Å². The summed E-state index contributed by atoms with van der Waals surface area (Å²) >= 11 is 0. The molecule has 15 heavy (non-hydrogen) atoms. The van der Waals surface area contributed by atoms with Crippen molar-refractivity contribution >= 4 is 5.95 Å². The van der Waals surface area contributed by atoms with Crippen LogP contribution in [0.1, 0.15) is 25.7 Å². The van der Waals surface area contributed by atoms with Gasteiger partial charge >= 0.3 is 0 Å². The third-order valence-electron chi connectivity index (χ3n) is 2.96. The molecule has 1 saturated carbocycles. The first-order chi connectivity index (χ1) is 7.36. The van der Waals surface area contributed by atoms with Crippen molar-refractivity contribution in [3.63, 3.8) is 0 Å². The molecule has 1 aromatic heterocycles. The molecule has 2 unspecified atom stereocenters. The summed E-state index contributed by atoms with van der Waals surface area (Å²) in [5, 5.41) is 12.9. The maximum atomic E-state index is 9.77. The van der Waals surface area contributed by atoms with Crippen molar-refractivity contribution in [1.29, 1.82) is 0 Å². The standard InChI is InChI=1S/C11H17N3O/c15-10-5-2-1-4-9(10)8-14-11-12-6-3-7-13-11/h3,6-7,9-10,15H,1-2,4-5,8H2,(H,12,13,14). The fraction of sp³-hybridized carbons (Fsp3) is 0.636. The van der Waals surface area contributed by atoms with E-state index in [1.807, 2.05) is 0 Å². The highest BCUT2D eigenvalue weighted by Gasteiger charge is 2.22. The summed E-state index contributed by atoms with van der Waals surface area (Å²) in [4.78, 5) is 8.17. The van der Waals surface area contributed by atoms with Gasteiger partial charge in [-0.1, -0.05) is 12.8 Å². The van der Waals surface area contributed by atoms with E-state index in [0.717, 1.165) is 25.8 Å². The molecule has 4 nitrogen and oxygen atoms in total. The zero-order valence-corrected chi connectivity index (χ0v) is 8.76. The second-order valence-electron chi connectivity index (χ2n) is 4.07. The van der Waals surface area contributed by atoms with Gasteiger partial charge < -0.3 is 10.4 Å². The van der Waals surface area contributed by atoms with Crippen molar-refractivity contribution in [2.24, 2.45) is 5.92 Å². The fourth-order valence-electron chi connectivity index (χ4n) is 2.04. The zero-order chi connectivity index (χ0) is 10.5. The van der Waals surface area contributed by atoms with Gasteiger partial charge in [0.25, 0.3) is 0 Å². The SMILES string of the molecule is OC1CCCCC1CNc1ncccn1. The number of aliphatic hydroxyl groups excluding tert-OH is 1. The molecule has 2 N–H and O–H groups in total. The maximum absolute atomic E-state index is 9.77. The van der Waals surface area contributed by atoms with Gasteiger partial charge in [0.15, 0.2) is 0 Å². The first-order valence-electron chi connectivity index (χ1n) is 5.55. The topological polar surface area (TPSA) is 58.0 Å². The van der Waals surface area contributed by atoms with Crippen molar-refractivity contribution in [1.82, 2.24) is 9.97 Å². The monoisotopic (exact) mass is 207 g/mol. The van der Waals surface area contributed by atoms with Crippen LogP contribution in [-0.2, 0) is 0 Å². The van der Waals surface area contributed by atoms with Gasteiger partial charge in [-0.15, -0.1) is 0 Å². The molecule has 1 fully saturated rings. The number of aromatic nitrogens is 2. The van der Waals surface area contributed by atoms with Gasteiger partial charge in [-0.3, -0.25) is 0 Å². The van der Waals surface area contributed by atoms with E-state index in [1.165, 1.54) is 6.42 Å². The quantitative estimate of drug-likeness (QED) is 0.787. The van der Waals surface area contributed by atoms with Crippen molar-refractivity contribution in [2.45, 2.75) is 31.8 Å². The number of hydrogen-bond acceptors (Lipinski definition) is 4. The van der Waals surface area contributed by atoms with Crippen LogP contribution < -0.4 is 5.32 Å². The van der Waals surface area contributed by atoms with E-state index in [2.05, 4.69) is 15.3 Å². The number of nitrogens with zero attached hydrogens (tertiary/aromatic N) is 2. The maximum Gasteiger partial charge on any atom is 0.222 e. The van der Waals surface area contributed by atoms with E-state index < -0.39 is 0 Å². The minimum Gasteiger partial charge on any atom is -0.393 e. The number of aliphatic hydroxyl groups is 1. The molecule has 0 radical (unpaired) electrons. The van der Waals surface area contributed by atoms with E-state index in [-0.39, 0.29) is 6.10 Å². The van der Waals surface area contributed by atoms with Crippen LogP contribution in [-0.4, -0.2) is 27.7 Å². The average molecular weight is 207 g/mol. The van der Waals surface area contributed by atoms with Gasteiger partial charge in [-0.25, -0.2) is 9.97 Å². The Balaban J connectivity index is 1.82. The van der Waals surface area contributed by atoms with Crippen LogP contribution in [0.5, 0.6) is 0 Å². The molecule has 1 aliphatic carbocycles. The summed E-state index contributed by atoms with van der Waals surface area (Å²) in [5.74, 6) is 0.998. The van der Waals surface area contributed by atoms with Crippen molar-refractivity contribution in [3.8, 4) is 0 Å². The first-order valence-corrected chi connectivity index (χ1v) is 5.55. The molecule has 2 atom stereocenters. The summed E-state index contributed by atoms with van der Waals surface area (Å²) < 4.78 is 0. The number of rotatable bonds is 3. The van der Waals surface area contributed by atoms with E-state index >= 15 is 0 Å². The van der Waals surface area contributed by atoms with Crippen LogP contribution in [0.4, 0.5) is 5.95 Å². The number of nitrogens with one attached hydrogen (secondary N) is 1. The number of hydrogen-bond donors (Lipinski definition) is 2.